The van der Waals surface area contributed by atoms with E-state index in [1.165, 1.54) is 0 Å². The molecule has 0 radical (unpaired) electrons. The molecule has 1 heterocycles. The van der Waals surface area contributed by atoms with E-state index in [0.717, 1.165) is 25.9 Å². The average molecular weight is 243 g/mol. The number of rotatable bonds is 2. The lowest BCUT2D eigenvalue weighted by atomic mass is 10.0. The SMILES string of the molecule is CC(C)[NH+]1CCC(NC(=O)OC(C)(C)C)CC1. The van der Waals surface area contributed by atoms with Gasteiger partial charge in [0.15, 0.2) is 0 Å². The maximum Gasteiger partial charge on any atom is 0.407 e. The van der Waals surface area contributed by atoms with Crippen molar-refractivity contribution in [1.82, 2.24) is 5.32 Å². The summed E-state index contributed by atoms with van der Waals surface area (Å²) in [6.45, 7) is 12.4. The van der Waals surface area contributed by atoms with Crippen LogP contribution in [0.15, 0.2) is 0 Å². The van der Waals surface area contributed by atoms with Gasteiger partial charge in [0, 0.05) is 18.9 Å². The summed E-state index contributed by atoms with van der Waals surface area (Å²) >= 11 is 0. The van der Waals surface area contributed by atoms with Crippen LogP contribution in [0.5, 0.6) is 0 Å². The van der Waals surface area contributed by atoms with Crippen molar-refractivity contribution in [1.29, 1.82) is 0 Å². The Morgan fingerprint density at radius 1 is 1.29 bits per heavy atom. The van der Waals surface area contributed by atoms with Crippen LogP contribution in [-0.4, -0.2) is 36.9 Å². The number of alkyl carbamates (subject to hydrolysis) is 1. The molecule has 0 unspecified atom stereocenters. The van der Waals surface area contributed by atoms with E-state index in [1.807, 2.05) is 20.8 Å². The van der Waals surface area contributed by atoms with Gasteiger partial charge >= 0.3 is 6.09 Å². The lowest BCUT2D eigenvalue weighted by molar-refractivity contribution is -0.926. The number of ether oxygens (including phenoxy) is 1. The number of hydrogen-bond acceptors (Lipinski definition) is 2. The van der Waals surface area contributed by atoms with Gasteiger partial charge in [-0.3, -0.25) is 0 Å². The van der Waals surface area contributed by atoms with Crippen molar-refractivity contribution in [3.63, 3.8) is 0 Å². The summed E-state index contributed by atoms with van der Waals surface area (Å²) in [4.78, 5) is 13.2. The Labute approximate surface area is 105 Å². The molecule has 0 aromatic carbocycles. The van der Waals surface area contributed by atoms with Crippen molar-refractivity contribution in [3.05, 3.63) is 0 Å². The molecule has 1 saturated heterocycles. The first kappa shape index (κ1) is 14.3. The topological polar surface area (TPSA) is 42.8 Å². The zero-order valence-electron chi connectivity index (χ0n) is 11.8. The minimum absolute atomic E-state index is 0.282. The van der Waals surface area contributed by atoms with E-state index in [0.29, 0.717) is 6.04 Å². The zero-order valence-corrected chi connectivity index (χ0v) is 11.8. The number of quaternary nitrogens is 1. The predicted octanol–water partition coefficient (Wildman–Crippen LogP) is 0.967. The zero-order chi connectivity index (χ0) is 13.1. The fourth-order valence-electron chi connectivity index (χ4n) is 2.18. The summed E-state index contributed by atoms with van der Waals surface area (Å²) in [5, 5.41) is 2.96. The third kappa shape index (κ3) is 5.39. The number of likely N-dealkylation sites (tertiary alicyclic amines) is 1. The Hall–Kier alpha value is -0.770. The van der Waals surface area contributed by atoms with Crippen molar-refractivity contribution in [2.24, 2.45) is 0 Å². The largest absolute Gasteiger partial charge is 0.444 e. The first-order chi connectivity index (χ1) is 7.78. The maximum atomic E-state index is 11.6. The fraction of sp³-hybridized carbons (Fsp3) is 0.923. The third-order valence-corrected chi connectivity index (χ3v) is 3.17. The minimum Gasteiger partial charge on any atom is -0.444 e. The molecular formula is C13H27N2O2+. The van der Waals surface area contributed by atoms with Gasteiger partial charge in [0.2, 0.25) is 0 Å². The fourth-order valence-corrected chi connectivity index (χ4v) is 2.18. The van der Waals surface area contributed by atoms with Crippen LogP contribution in [0.3, 0.4) is 0 Å². The molecule has 100 valence electrons. The molecule has 4 heteroatoms. The number of hydrogen-bond donors (Lipinski definition) is 2. The van der Waals surface area contributed by atoms with Gasteiger partial charge in [0.25, 0.3) is 0 Å². The van der Waals surface area contributed by atoms with Crippen LogP contribution in [0.4, 0.5) is 4.79 Å². The van der Waals surface area contributed by atoms with Gasteiger partial charge in [-0.15, -0.1) is 0 Å². The van der Waals surface area contributed by atoms with Crippen molar-refractivity contribution >= 4 is 6.09 Å². The quantitative estimate of drug-likeness (QED) is 0.759. The van der Waals surface area contributed by atoms with Crippen LogP contribution in [0, 0.1) is 0 Å². The molecule has 17 heavy (non-hydrogen) atoms. The van der Waals surface area contributed by atoms with Crippen molar-refractivity contribution in [3.8, 4) is 0 Å². The number of carbonyl (C=O) groups excluding carboxylic acids is 1. The summed E-state index contributed by atoms with van der Waals surface area (Å²) in [5.41, 5.74) is -0.409. The standard InChI is InChI=1S/C13H26N2O2/c1-10(2)15-8-6-11(7-9-15)14-12(16)17-13(3,4)5/h10-11H,6-9H2,1-5H3,(H,14,16)/p+1. The molecule has 0 aromatic heterocycles. The van der Waals surface area contributed by atoms with E-state index in [9.17, 15) is 4.79 Å². The van der Waals surface area contributed by atoms with E-state index < -0.39 is 5.60 Å². The highest BCUT2D eigenvalue weighted by atomic mass is 16.6. The number of nitrogens with one attached hydrogen (secondary N) is 2. The lowest BCUT2D eigenvalue weighted by Crippen LogP contribution is -3.16. The Morgan fingerprint density at radius 2 is 1.82 bits per heavy atom. The Morgan fingerprint density at radius 3 is 2.24 bits per heavy atom. The molecule has 1 aliphatic heterocycles. The normalized spacial score (nSPS) is 25.8. The van der Waals surface area contributed by atoms with Crippen LogP contribution in [0.1, 0.15) is 47.5 Å². The molecule has 2 N–H and O–H groups in total. The van der Waals surface area contributed by atoms with Crippen LogP contribution in [0.2, 0.25) is 0 Å². The molecule has 1 rings (SSSR count). The summed E-state index contributed by atoms with van der Waals surface area (Å²) in [7, 11) is 0. The first-order valence-corrected chi connectivity index (χ1v) is 6.62. The molecule has 1 aliphatic rings. The molecule has 0 spiro atoms. The van der Waals surface area contributed by atoms with Crippen LogP contribution in [-0.2, 0) is 4.74 Å². The molecule has 0 aromatic rings. The highest BCUT2D eigenvalue weighted by molar-refractivity contribution is 5.68. The van der Waals surface area contributed by atoms with Gasteiger partial charge in [-0.05, 0) is 34.6 Å². The Bertz CT molecular complexity index is 251. The van der Waals surface area contributed by atoms with E-state index in [4.69, 9.17) is 4.74 Å². The summed E-state index contributed by atoms with van der Waals surface area (Å²) in [5.74, 6) is 0. The number of carbonyl (C=O) groups is 1. The molecule has 0 atom stereocenters. The monoisotopic (exact) mass is 243 g/mol. The van der Waals surface area contributed by atoms with Crippen LogP contribution < -0.4 is 10.2 Å². The van der Waals surface area contributed by atoms with Crippen LogP contribution in [0.25, 0.3) is 0 Å². The minimum atomic E-state index is -0.409. The summed E-state index contributed by atoms with van der Waals surface area (Å²) < 4.78 is 5.26. The highest BCUT2D eigenvalue weighted by Gasteiger charge is 2.26. The van der Waals surface area contributed by atoms with Crippen molar-refractivity contribution < 1.29 is 14.4 Å². The van der Waals surface area contributed by atoms with E-state index >= 15 is 0 Å². The Kier molecular flexibility index (Phi) is 4.80. The van der Waals surface area contributed by atoms with E-state index in [-0.39, 0.29) is 12.1 Å². The second kappa shape index (κ2) is 5.71. The molecule has 0 saturated carbocycles. The van der Waals surface area contributed by atoms with E-state index in [1.54, 1.807) is 4.90 Å². The van der Waals surface area contributed by atoms with Gasteiger partial charge in [0.1, 0.15) is 5.60 Å². The average Bonchev–Trinajstić information content (AvgIpc) is 2.15. The number of piperidine rings is 1. The third-order valence-electron chi connectivity index (χ3n) is 3.17. The Balaban J connectivity index is 2.29. The van der Waals surface area contributed by atoms with Gasteiger partial charge in [-0.1, -0.05) is 0 Å². The molecule has 0 bridgehead atoms. The smallest absolute Gasteiger partial charge is 0.407 e. The molecule has 0 aliphatic carbocycles. The van der Waals surface area contributed by atoms with Gasteiger partial charge in [-0.25, -0.2) is 4.79 Å². The van der Waals surface area contributed by atoms with Crippen molar-refractivity contribution in [2.75, 3.05) is 13.1 Å². The summed E-state index contributed by atoms with van der Waals surface area (Å²) in [6, 6.07) is 0.963. The highest BCUT2D eigenvalue weighted by Crippen LogP contribution is 2.08. The second-order valence-electron chi connectivity index (χ2n) is 6.23. The second-order valence-corrected chi connectivity index (χ2v) is 6.23. The number of amides is 1. The molecule has 1 amide bonds. The maximum absolute atomic E-state index is 11.6. The van der Waals surface area contributed by atoms with Gasteiger partial charge in [-0.2, -0.15) is 0 Å². The molecule has 1 fully saturated rings. The first-order valence-electron chi connectivity index (χ1n) is 6.62. The van der Waals surface area contributed by atoms with Crippen molar-refractivity contribution in [2.45, 2.75) is 65.1 Å². The van der Waals surface area contributed by atoms with Crippen LogP contribution >= 0.6 is 0 Å². The molecule has 4 nitrogen and oxygen atoms in total. The summed E-state index contributed by atoms with van der Waals surface area (Å²) in [6.07, 6.45) is 1.81. The predicted molar refractivity (Wildman–Crippen MR) is 68.2 cm³/mol. The van der Waals surface area contributed by atoms with Gasteiger partial charge < -0.3 is 15.0 Å². The lowest BCUT2D eigenvalue weighted by Gasteiger charge is -2.32. The van der Waals surface area contributed by atoms with E-state index in [2.05, 4.69) is 19.2 Å². The van der Waals surface area contributed by atoms with Gasteiger partial charge in [0.05, 0.1) is 19.1 Å². The molecular weight excluding hydrogens is 216 g/mol.